The van der Waals surface area contributed by atoms with E-state index in [9.17, 15) is 9.18 Å². The molecule has 0 radical (unpaired) electrons. The fourth-order valence-corrected chi connectivity index (χ4v) is 2.48. The van der Waals surface area contributed by atoms with Crippen molar-refractivity contribution in [3.05, 3.63) is 35.6 Å². The van der Waals surface area contributed by atoms with Crippen LogP contribution in [-0.4, -0.2) is 43.8 Å². The predicted octanol–water partition coefficient (Wildman–Crippen LogP) is 2.15. The van der Waals surface area contributed by atoms with Gasteiger partial charge in [-0.15, -0.1) is 0 Å². The maximum Gasteiger partial charge on any atom is 0.327 e. The van der Waals surface area contributed by atoms with E-state index in [1.807, 2.05) is 4.90 Å². The van der Waals surface area contributed by atoms with E-state index in [2.05, 4.69) is 6.92 Å². The van der Waals surface area contributed by atoms with Gasteiger partial charge in [-0.3, -0.25) is 4.90 Å². The summed E-state index contributed by atoms with van der Waals surface area (Å²) in [7, 11) is 1.37. The van der Waals surface area contributed by atoms with Gasteiger partial charge in [0, 0.05) is 13.1 Å². The summed E-state index contributed by atoms with van der Waals surface area (Å²) in [5, 5.41) is 0. The van der Waals surface area contributed by atoms with E-state index in [0.717, 1.165) is 12.0 Å². The van der Waals surface area contributed by atoms with Crippen molar-refractivity contribution in [2.24, 2.45) is 0 Å². The number of hydrogen-bond donors (Lipinski definition) is 0. The van der Waals surface area contributed by atoms with Crippen molar-refractivity contribution < 1.29 is 18.7 Å². The summed E-state index contributed by atoms with van der Waals surface area (Å²) < 4.78 is 23.6. The quantitative estimate of drug-likeness (QED) is 0.793. The van der Waals surface area contributed by atoms with Crippen LogP contribution < -0.4 is 0 Å². The van der Waals surface area contributed by atoms with Gasteiger partial charge in [0.15, 0.2) is 0 Å². The van der Waals surface area contributed by atoms with Crippen LogP contribution in [0.5, 0.6) is 0 Å². The van der Waals surface area contributed by atoms with Crippen molar-refractivity contribution in [2.75, 3.05) is 26.8 Å². The van der Waals surface area contributed by atoms with Crippen molar-refractivity contribution in [3.63, 3.8) is 0 Å². The smallest absolute Gasteiger partial charge is 0.327 e. The van der Waals surface area contributed by atoms with E-state index in [-0.39, 0.29) is 17.9 Å². The van der Waals surface area contributed by atoms with Gasteiger partial charge in [-0.25, -0.2) is 9.18 Å². The highest BCUT2D eigenvalue weighted by molar-refractivity contribution is 5.77. The summed E-state index contributed by atoms with van der Waals surface area (Å²) in [5.74, 6) is -0.640. The average molecular weight is 281 g/mol. The fraction of sp³-hybridized carbons (Fsp3) is 0.533. The van der Waals surface area contributed by atoms with Crippen LogP contribution in [0, 0.1) is 5.82 Å². The van der Waals surface area contributed by atoms with Crippen molar-refractivity contribution in [3.8, 4) is 0 Å². The van der Waals surface area contributed by atoms with Crippen LogP contribution in [0.25, 0.3) is 0 Å². The minimum absolute atomic E-state index is 0.122. The molecule has 0 amide bonds. The molecule has 1 saturated heterocycles. The molecule has 1 fully saturated rings. The second-order valence-electron chi connectivity index (χ2n) is 4.87. The van der Waals surface area contributed by atoms with Crippen LogP contribution in [-0.2, 0) is 14.3 Å². The Morgan fingerprint density at radius 2 is 2.20 bits per heavy atom. The first-order valence-corrected chi connectivity index (χ1v) is 6.84. The van der Waals surface area contributed by atoms with Crippen molar-refractivity contribution in [1.82, 2.24) is 4.90 Å². The molecular formula is C15H20FNO3. The Balaban J connectivity index is 2.23. The molecule has 1 aromatic rings. The second kappa shape index (κ2) is 6.81. The van der Waals surface area contributed by atoms with Crippen LogP contribution >= 0.6 is 0 Å². The van der Waals surface area contributed by atoms with Gasteiger partial charge in [-0.05, 0) is 24.1 Å². The number of nitrogens with zero attached hydrogens (tertiary/aromatic N) is 1. The first-order chi connectivity index (χ1) is 9.65. The third kappa shape index (κ3) is 3.35. The number of carbonyl (C=O) groups is 1. The van der Waals surface area contributed by atoms with Gasteiger partial charge in [0.1, 0.15) is 11.9 Å². The molecule has 0 bridgehead atoms. The molecule has 1 aromatic carbocycles. The molecule has 0 saturated carbocycles. The van der Waals surface area contributed by atoms with Crippen LogP contribution in [0.3, 0.4) is 0 Å². The number of benzene rings is 1. The first kappa shape index (κ1) is 14.9. The minimum atomic E-state index is -0.501. The van der Waals surface area contributed by atoms with Gasteiger partial charge in [0.05, 0.1) is 19.8 Å². The fourth-order valence-electron chi connectivity index (χ4n) is 2.48. The Bertz CT molecular complexity index is 449. The third-order valence-corrected chi connectivity index (χ3v) is 3.60. The van der Waals surface area contributed by atoms with Crippen molar-refractivity contribution in [1.29, 1.82) is 0 Å². The maximum absolute atomic E-state index is 13.0. The molecule has 1 aliphatic heterocycles. The van der Waals surface area contributed by atoms with Crippen molar-refractivity contribution >= 4 is 5.97 Å². The van der Waals surface area contributed by atoms with Crippen LogP contribution in [0.4, 0.5) is 4.39 Å². The monoisotopic (exact) mass is 281 g/mol. The van der Waals surface area contributed by atoms with Crippen LogP contribution in [0.1, 0.15) is 24.9 Å². The number of ether oxygens (including phenoxy) is 2. The molecule has 20 heavy (non-hydrogen) atoms. The second-order valence-corrected chi connectivity index (χ2v) is 4.87. The van der Waals surface area contributed by atoms with Crippen LogP contribution in [0.2, 0.25) is 0 Å². The molecule has 1 heterocycles. The number of halogens is 1. The van der Waals surface area contributed by atoms with Gasteiger partial charge >= 0.3 is 5.97 Å². The highest BCUT2D eigenvalue weighted by Crippen LogP contribution is 2.25. The molecule has 0 spiro atoms. The summed E-state index contributed by atoms with van der Waals surface area (Å²) in [6.07, 6.45) is 1.02. The SMILES string of the molecule is CC[C@H]1CN([C@@H](C(=O)OC)c2ccc(F)cc2)CCO1. The van der Waals surface area contributed by atoms with Gasteiger partial charge in [0.25, 0.3) is 0 Å². The average Bonchev–Trinajstić information content (AvgIpc) is 2.49. The zero-order valence-corrected chi connectivity index (χ0v) is 11.8. The molecule has 0 N–H and O–H groups in total. The standard InChI is InChI=1S/C15H20FNO3/c1-3-13-10-17(8-9-20-13)14(15(18)19-2)11-4-6-12(16)7-5-11/h4-7,13-14H,3,8-10H2,1-2H3/t13-,14+/m0/s1. The lowest BCUT2D eigenvalue weighted by Crippen LogP contribution is -2.46. The molecule has 0 aromatic heterocycles. The third-order valence-electron chi connectivity index (χ3n) is 3.60. The van der Waals surface area contributed by atoms with Crippen LogP contribution in [0.15, 0.2) is 24.3 Å². The molecule has 5 heteroatoms. The van der Waals surface area contributed by atoms with E-state index in [4.69, 9.17) is 9.47 Å². The topological polar surface area (TPSA) is 38.8 Å². The largest absolute Gasteiger partial charge is 0.468 e. The van der Waals surface area contributed by atoms with Crippen molar-refractivity contribution in [2.45, 2.75) is 25.5 Å². The number of rotatable bonds is 4. The molecule has 1 aliphatic rings. The number of methoxy groups -OCH3 is 1. The molecule has 0 aliphatic carbocycles. The van der Waals surface area contributed by atoms with E-state index in [1.165, 1.54) is 19.2 Å². The maximum atomic E-state index is 13.0. The van der Waals surface area contributed by atoms with Gasteiger partial charge in [0.2, 0.25) is 0 Å². The summed E-state index contributed by atoms with van der Waals surface area (Å²) in [5.41, 5.74) is 0.745. The van der Waals surface area contributed by atoms with E-state index in [0.29, 0.717) is 19.7 Å². The number of morpholine rings is 1. The van der Waals surface area contributed by atoms with Gasteiger partial charge < -0.3 is 9.47 Å². The molecule has 0 unspecified atom stereocenters. The Kier molecular flexibility index (Phi) is 5.09. The summed E-state index contributed by atoms with van der Waals surface area (Å²) in [6.45, 7) is 3.98. The molecule has 4 nitrogen and oxygen atoms in total. The van der Waals surface area contributed by atoms with E-state index in [1.54, 1.807) is 12.1 Å². The minimum Gasteiger partial charge on any atom is -0.468 e. The molecule has 2 atom stereocenters. The lowest BCUT2D eigenvalue weighted by molar-refractivity contribution is -0.150. The van der Waals surface area contributed by atoms with Gasteiger partial charge in [-0.1, -0.05) is 19.1 Å². The number of carbonyl (C=O) groups excluding carboxylic acids is 1. The highest BCUT2D eigenvalue weighted by Gasteiger charge is 2.32. The number of hydrogen-bond acceptors (Lipinski definition) is 4. The lowest BCUT2D eigenvalue weighted by Gasteiger charge is -2.36. The Morgan fingerprint density at radius 1 is 1.50 bits per heavy atom. The highest BCUT2D eigenvalue weighted by atomic mass is 19.1. The van der Waals surface area contributed by atoms with Gasteiger partial charge in [-0.2, -0.15) is 0 Å². The zero-order chi connectivity index (χ0) is 14.5. The summed E-state index contributed by atoms with van der Waals surface area (Å²) in [4.78, 5) is 14.1. The summed E-state index contributed by atoms with van der Waals surface area (Å²) >= 11 is 0. The molecule has 2 rings (SSSR count). The molecule has 110 valence electrons. The Labute approximate surface area is 118 Å². The summed E-state index contributed by atoms with van der Waals surface area (Å²) in [6, 6.07) is 5.49. The lowest BCUT2D eigenvalue weighted by atomic mass is 10.0. The van der Waals surface area contributed by atoms with E-state index >= 15 is 0 Å². The Morgan fingerprint density at radius 3 is 2.80 bits per heavy atom. The normalized spacial score (nSPS) is 21.4. The molecular weight excluding hydrogens is 261 g/mol. The predicted molar refractivity (Wildman–Crippen MR) is 72.8 cm³/mol. The van der Waals surface area contributed by atoms with E-state index < -0.39 is 6.04 Å². The zero-order valence-electron chi connectivity index (χ0n) is 11.8. The first-order valence-electron chi connectivity index (χ1n) is 6.84. The number of esters is 1. The Hall–Kier alpha value is -1.46.